The molecule has 17 heavy (non-hydrogen) atoms. The molecule has 1 aromatic heterocycles. The van der Waals surface area contributed by atoms with Crippen LogP contribution in [0.3, 0.4) is 0 Å². The van der Waals surface area contributed by atoms with Crippen LogP contribution in [-0.4, -0.2) is 32.9 Å². The lowest BCUT2D eigenvalue weighted by Gasteiger charge is -2.22. The molecule has 4 N–H and O–H groups in total. The van der Waals surface area contributed by atoms with E-state index in [4.69, 9.17) is 0 Å². The van der Waals surface area contributed by atoms with E-state index < -0.39 is 17.4 Å². The molecular formula is C10H18N4O3. The Kier molecular flexibility index (Phi) is 4.06. The molecule has 0 spiro atoms. The standard InChI is InChI=1S/C10H18N4O3/c1-10(2,3)4-6(15)5-11-7-8(16)12-9(17)14-13-7/h6,15H,4-5H2,1-3H3,(H,11,13)(H2,12,14,16,17). The lowest BCUT2D eigenvalue weighted by Crippen LogP contribution is -2.31. The number of nitrogens with one attached hydrogen (secondary N) is 3. The van der Waals surface area contributed by atoms with Gasteiger partial charge in [-0.25, -0.2) is 9.89 Å². The molecule has 7 heteroatoms. The lowest BCUT2D eigenvalue weighted by molar-refractivity contribution is 0.132. The van der Waals surface area contributed by atoms with Gasteiger partial charge in [-0.3, -0.25) is 9.78 Å². The number of H-pyrrole nitrogens is 2. The Bertz CT molecular complexity index is 471. The molecule has 0 aliphatic heterocycles. The summed E-state index contributed by atoms with van der Waals surface area (Å²) in [6, 6.07) is 0. The zero-order valence-electron chi connectivity index (χ0n) is 10.2. The topological polar surface area (TPSA) is 111 Å². The van der Waals surface area contributed by atoms with E-state index in [2.05, 4.69) is 15.5 Å². The summed E-state index contributed by atoms with van der Waals surface area (Å²) < 4.78 is 0. The zero-order valence-corrected chi connectivity index (χ0v) is 10.2. The van der Waals surface area contributed by atoms with E-state index >= 15 is 0 Å². The summed E-state index contributed by atoms with van der Waals surface area (Å²) in [5, 5.41) is 18.1. The molecule has 0 aliphatic carbocycles. The molecule has 0 saturated heterocycles. The molecule has 1 heterocycles. The van der Waals surface area contributed by atoms with E-state index in [1.54, 1.807) is 0 Å². The van der Waals surface area contributed by atoms with Crippen molar-refractivity contribution in [2.24, 2.45) is 5.41 Å². The summed E-state index contributed by atoms with van der Waals surface area (Å²) in [5.41, 5.74) is -1.25. The fraction of sp³-hybridized carbons (Fsp3) is 0.700. The highest BCUT2D eigenvalue weighted by Crippen LogP contribution is 2.20. The molecule has 0 aliphatic rings. The molecule has 1 unspecified atom stereocenters. The fourth-order valence-electron chi connectivity index (χ4n) is 1.46. The SMILES string of the molecule is CC(C)(C)CC(O)CNc1n[nH]c(=O)[nH]c1=O. The van der Waals surface area contributed by atoms with Crippen molar-refractivity contribution in [1.82, 2.24) is 15.2 Å². The van der Waals surface area contributed by atoms with Gasteiger partial charge in [0.05, 0.1) is 6.10 Å². The summed E-state index contributed by atoms with van der Waals surface area (Å²) in [7, 11) is 0. The summed E-state index contributed by atoms with van der Waals surface area (Å²) in [4.78, 5) is 24.0. The van der Waals surface area contributed by atoms with Crippen LogP contribution in [-0.2, 0) is 0 Å². The Hall–Kier alpha value is -1.63. The van der Waals surface area contributed by atoms with Gasteiger partial charge in [0.2, 0.25) is 5.82 Å². The maximum Gasteiger partial charge on any atom is 0.342 e. The van der Waals surface area contributed by atoms with E-state index in [9.17, 15) is 14.7 Å². The van der Waals surface area contributed by atoms with E-state index in [0.29, 0.717) is 6.42 Å². The highest BCUT2D eigenvalue weighted by Gasteiger charge is 2.16. The summed E-state index contributed by atoms with van der Waals surface area (Å²) >= 11 is 0. The van der Waals surface area contributed by atoms with Crippen molar-refractivity contribution in [2.45, 2.75) is 33.3 Å². The third-order valence-electron chi connectivity index (χ3n) is 2.06. The van der Waals surface area contributed by atoms with Gasteiger partial charge in [0.1, 0.15) is 0 Å². The first-order valence-electron chi connectivity index (χ1n) is 5.39. The van der Waals surface area contributed by atoms with Gasteiger partial charge >= 0.3 is 5.69 Å². The Balaban J connectivity index is 2.56. The quantitative estimate of drug-likeness (QED) is 0.577. The minimum absolute atomic E-state index is 0.00226. The van der Waals surface area contributed by atoms with Crippen LogP contribution in [0.25, 0.3) is 0 Å². The Labute approximate surface area is 98.3 Å². The molecule has 0 aromatic carbocycles. The van der Waals surface area contributed by atoms with Crippen molar-refractivity contribution in [3.63, 3.8) is 0 Å². The Morgan fingerprint density at radius 1 is 1.41 bits per heavy atom. The van der Waals surface area contributed by atoms with Crippen molar-refractivity contribution in [1.29, 1.82) is 0 Å². The molecule has 1 atom stereocenters. The molecule has 0 amide bonds. The van der Waals surface area contributed by atoms with Crippen LogP contribution < -0.4 is 16.6 Å². The highest BCUT2D eigenvalue weighted by molar-refractivity contribution is 5.28. The van der Waals surface area contributed by atoms with Crippen molar-refractivity contribution in [3.05, 3.63) is 20.8 Å². The van der Waals surface area contributed by atoms with Crippen molar-refractivity contribution >= 4 is 5.82 Å². The zero-order chi connectivity index (χ0) is 13.1. The third kappa shape index (κ3) is 4.81. The molecule has 0 saturated carbocycles. The molecule has 0 fully saturated rings. The van der Waals surface area contributed by atoms with Gasteiger partial charge in [-0.15, -0.1) is 5.10 Å². The lowest BCUT2D eigenvalue weighted by atomic mass is 9.89. The van der Waals surface area contributed by atoms with Crippen LogP contribution in [0.1, 0.15) is 27.2 Å². The third-order valence-corrected chi connectivity index (χ3v) is 2.06. The predicted octanol–water partition coefficient (Wildman–Crippen LogP) is -0.333. The van der Waals surface area contributed by atoms with Gasteiger partial charge < -0.3 is 10.4 Å². The number of rotatable bonds is 4. The second kappa shape index (κ2) is 5.13. The first-order valence-corrected chi connectivity index (χ1v) is 5.39. The summed E-state index contributed by atoms with van der Waals surface area (Å²) in [5.74, 6) is -0.00226. The maximum atomic E-state index is 11.3. The average molecular weight is 242 g/mol. The van der Waals surface area contributed by atoms with Crippen LogP contribution >= 0.6 is 0 Å². The smallest absolute Gasteiger partial charge is 0.342 e. The molecule has 96 valence electrons. The Morgan fingerprint density at radius 2 is 2.06 bits per heavy atom. The fourth-order valence-corrected chi connectivity index (χ4v) is 1.46. The average Bonchev–Trinajstić information content (AvgIpc) is 2.13. The van der Waals surface area contributed by atoms with E-state index in [-0.39, 0.29) is 17.8 Å². The highest BCUT2D eigenvalue weighted by atomic mass is 16.3. The minimum Gasteiger partial charge on any atom is -0.391 e. The van der Waals surface area contributed by atoms with Gasteiger partial charge in [-0.05, 0) is 11.8 Å². The molecule has 1 rings (SSSR count). The number of hydrogen-bond acceptors (Lipinski definition) is 5. The monoisotopic (exact) mass is 242 g/mol. The molecule has 1 aromatic rings. The molecule has 0 bridgehead atoms. The maximum absolute atomic E-state index is 11.3. The number of aliphatic hydroxyl groups is 1. The Morgan fingerprint density at radius 3 is 2.59 bits per heavy atom. The minimum atomic E-state index is -0.657. The van der Waals surface area contributed by atoms with Crippen LogP contribution in [0.2, 0.25) is 0 Å². The first kappa shape index (κ1) is 13.4. The van der Waals surface area contributed by atoms with Crippen LogP contribution in [0.15, 0.2) is 9.59 Å². The normalized spacial score (nSPS) is 13.4. The van der Waals surface area contributed by atoms with Crippen LogP contribution in [0.5, 0.6) is 0 Å². The van der Waals surface area contributed by atoms with Crippen molar-refractivity contribution < 1.29 is 5.11 Å². The number of anilines is 1. The van der Waals surface area contributed by atoms with Crippen LogP contribution in [0, 0.1) is 5.41 Å². The summed E-state index contributed by atoms with van der Waals surface area (Å²) in [6.45, 7) is 6.25. The number of nitrogens with zero attached hydrogens (tertiary/aromatic N) is 1. The summed E-state index contributed by atoms with van der Waals surface area (Å²) in [6.07, 6.45) is 0.0180. The second-order valence-electron chi connectivity index (χ2n) is 5.15. The molecular weight excluding hydrogens is 224 g/mol. The number of hydrogen-bond donors (Lipinski definition) is 4. The van der Waals surface area contributed by atoms with Gasteiger partial charge in [-0.2, -0.15) is 0 Å². The van der Waals surface area contributed by atoms with Gasteiger partial charge in [0.25, 0.3) is 5.56 Å². The number of aromatic amines is 2. The number of aromatic nitrogens is 3. The van der Waals surface area contributed by atoms with Crippen molar-refractivity contribution in [3.8, 4) is 0 Å². The van der Waals surface area contributed by atoms with E-state index in [0.717, 1.165) is 0 Å². The van der Waals surface area contributed by atoms with Crippen molar-refractivity contribution in [2.75, 3.05) is 11.9 Å². The molecule has 7 nitrogen and oxygen atoms in total. The van der Waals surface area contributed by atoms with Gasteiger partial charge in [0, 0.05) is 6.54 Å². The molecule has 0 radical (unpaired) electrons. The van der Waals surface area contributed by atoms with E-state index in [1.165, 1.54) is 0 Å². The predicted molar refractivity (Wildman–Crippen MR) is 64.0 cm³/mol. The van der Waals surface area contributed by atoms with Crippen LogP contribution in [0.4, 0.5) is 5.82 Å². The van der Waals surface area contributed by atoms with Gasteiger partial charge in [0.15, 0.2) is 0 Å². The first-order chi connectivity index (χ1) is 7.78. The second-order valence-corrected chi connectivity index (χ2v) is 5.15. The number of aliphatic hydroxyl groups excluding tert-OH is 1. The van der Waals surface area contributed by atoms with Gasteiger partial charge in [-0.1, -0.05) is 20.8 Å². The largest absolute Gasteiger partial charge is 0.391 e. The van der Waals surface area contributed by atoms with E-state index in [1.807, 2.05) is 25.8 Å².